The molecule has 0 spiro atoms. The van der Waals surface area contributed by atoms with Gasteiger partial charge < -0.3 is 10.1 Å². The van der Waals surface area contributed by atoms with Crippen LogP contribution in [0.4, 0.5) is 0 Å². The Balaban J connectivity index is 0.00000264. The summed E-state index contributed by atoms with van der Waals surface area (Å²) in [7, 11) is -2.12. The van der Waals surface area contributed by atoms with Crippen LogP contribution in [0.3, 0.4) is 0 Å². The fourth-order valence-electron chi connectivity index (χ4n) is 2.36. The number of nitrogens with one attached hydrogen (secondary N) is 2. The molecule has 0 atom stereocenters. The van der Waals surface area contributed by atoms with E-state index in [1.807, 2.05) is 6.92 Å². The maximum atomic E-state index is 12.5. The quantitative estimate of drug-likeness (QED) is 0.671. The molecule has 24 heavy (non-hydrogen) atoms. The molecular weight excluding hydrogens is 441 g/mol. The number of hydrogen-bond acceptors (Lipinski definition) is 5. The van der Waals surface area contributed by atoms with Gasteiger partial charge in [0.1, 0.15) is 10.6 Å². The van der Waals surface area contributed by atoms with E-state index in [0.29, 0.717) is 18.8 Å². The van der Waals surface area contributed by atoms with Crippen LogP contribution >= 0.6 is 40.7 Å². The lowest BCUT2D eigenvalue weighted by Gasteiger charge is -2.27. The van der Waals surface area contributed by atoms with Crippen LogP contribution in [0.25, 0.3) is 0 Å². The number of sulfonamides is 1. The lowest BCUT2D eigenvalue weighted by molar-refractivity contribution is 0.245. The van der Waals surface area contributed by atoms with Crippen LogP contribution in [0, 0.1) is 6.92 Å². The Labute approximate surface area is 164 Å². The van der Waals surface area contributed by atoms with E-state index in [4.69, 9.17) is 4.74 Å². The van der Waals surface area contributed by atoms with Gasteiger partial charge in [0.2, 0.25) is 10.0 Å². The minimum Gasteiger partial charge on any atom is -0.495 e. The second kappa shape index (κ2) is 10.8. The Bertz CT molecular complexity index is 626. The zero-order chi connectivity index (χ0) is 16.2. The number of rotatable bonds is 6. The molecule has 1 aromatic carbocycles. The topological polar surface area (TPSA) is 70.7 Å². The van der Waals surface area contributed by atoms with E-state index in [1.54, 1.807) is 12.1 Å². The average molecular weight is 465 g/mol. The number of aryl methyl sites for hydroxylation is 1. The largest absolute Gasteiger partial charge is 0.495 e. The van der Waals surface area contributed by atoms with Gasteiger partial charge in [0, 0.05) is 43.7 Å². The number of halogens is 3. The van der Waals surface area contributed by atoms with Crippen molar-refractivity contribution in [1.82, 2.24) is 14.9 Å². The lowest BCUT2D eigenvalue weighted by Crippen LogP contribution is -2.46. The van der Waals surface area contributed by atoms with Crippen LogP contribution in [0.5, 0.6) is 5.75 Å². The highest BCUT2D eigenvalue weighted by Gasteiger charge is 2.21. The summed E-state index contributed by atoms with van der Waals surface area (Å²) in [6.07, 6.45) is 0. The fourth-order valence-corrected chi connectivity index (χ4v) is 4.05. The van der Waals surface area contributed by atoms with E-state index in [-0.39, 0.29) is 29.7 Å². The normalized spacial score (nSPS) is 15.3. The van der Waals surface area contributed by atoms with Crippen LogP contribution in [-0.4, -0.2) is 59.7 Å². The van der Waals surface area contributed by atoms with Crippen LogP contribution in [-0.2, 0) is 10.0 Å². The Kier molecular flexibility index (Phi) is 10.8. The minimum absolute atomic E-state index is 0. The van der Waals surface area contributed by atoms with Gasteiger partial charge in [-0.1, -0.05) is 15.9 Å². The monoisotopic (exact) mass is 463 g/mol. The Morgan fingerprint density at radius 2 is 1.92 bits per heavy atom. The van der Waals surface area contributed by atoms with Gasteiger partial charge in [-0.2, -0.15) is 0 Å². The summed E-state index contributed by atoms with van der Waals surface area (Å²) in [5.41, 5.74) is 0.927. The van der Waals surface area contributed by atoms with E-state index in [1.165, 1.54) is 7.11 Å². The highest BCUT2D eigenvalue weighted by molar-refractivity contribution is 9.10. The lowest BCUT2D eigenvalue weighted by atomic mass is 10.2. The molecule has 1 aromatic rings. The van der Waals surface area contributed by atoms with Gasteiger partial charge in [0.25, 0.3) is 0 Å². The van der Waals surface area contributed by atoms with Crippen molar-refractivity contribution in [3.63, 3.8) is 0 Å². The molecule has 0 aliphatic carbocycles. The van der Waals surface area contributed by atoms with E-state index >= 15 is 0 Å². The maximum Gasteiger partial charge on any atom is 0.244 e. The first kappa shape index (κ1) is 23.9. The molecule has 1 aliphatic heterocycles. The molecule has 6 nitrogen and oxygen atoms in total. The smallest absolute Gasteiger partial charge is 0.244 e. The van der Waals surface area contributed by atoms with Crippen LogP contribution in [0.2, 0.25) is 0 Å². The Morgan fingerprint density at radius 3 is 2.50 bits per heavy atom. The molecule has 0 bridgehead atoms. The van der Waals surface area contributed by atoms with Crippen molar-refractivity contribution in [2.24, 2.45) is 0 Å². The number of hydrogen-bond donors (Lipinski definition) is 2. The van der Waals surface area contributed by atoms with E-state index < -0.39 is 10.0 Å². The molecule has 10 heteroatoms. The number of benzene rings is 1. The standard InChI is InChI=1S/C14H22BrN3O3S.2ClH/c1-11-9-13(21-2)14(10-12(11)15)22(19,20)17-5-8-18-6-3-16-4-7-18;;/h9-10,16-17H,3-8H2,1-2H3;2*1H. The van der Waals surface area contributed by atoms with Gasteiger partial charge in [-0.3, -0.25) is 4.90 Å². The Morgan fingerprint density at radius 1 is 1.29 bits per heavy atom. The van der Waals surface area contributed by atoms with Gasteiger partial charge in [-0.25, -0.2) is 13.1 Å². The summed E-state index contributed by atoms with van der Waals surface area (Å²) in [5.74, 6) is 0.357. The zero-order valence-electron chi connectivity index (χ0n) is 13.7. The first-order chi connectivity index (χ1) is 10.4. The van der Waals surface area contributed by atoms with Gasteiger partial charge >= 0.3 is 0 Å². The summed E-state index contributed by atoms with van der Waals surface area (Å²) in [4.78, 5) is 2.40. The molecule has 0 unspecified atom stereocenters. The number of ether oxygens (including phenoxy) is 1. The highest BCUT2D eigenvalue weighted by Crippen LogP contribution is 2.30. The predicted octanol–water partition coefficient (Wildman–Crippen LogP) is 1.79. The van der Waals surface area contributed by atoms with Crippen molar-refractivity contribution in [2.75, 3.05) is 46.4 Å². The SMILES string of the molecule is COc1cc(C)c(Br)cc1S(=O)(=O)NCCN1CCNCC1.Cl.Cl. The van der Waals surface area contributed by atoms with Crippen molar-refractivity contribution >= 4 is 50.8 Å². The highest BCUT2D eigenvalue weighted by atomic mass is 79.9. The molecule has 2 N–H and O–H groups in total. The molecule has 2 rings (SSSR count). The third-order valence-corrected chi connectivity index (χ3v) is 6.00. The molecular formula is C14H24BrCl2N3O3S. The molecule has 1 fully saturated rings. The molecule has 0 radical (unpaired) electrons. The molecule has 0 amide bonds. The van der Waals surface area contributed by atoms with Crippen LogP contribution < -0.4 is 14.8 Å². The maximum absolute atomic E-state index is 12.5. The summed E-state index contributed by atoms with van der Waals surface area (Å²) in [6.45, 7) is 6.77. The molecule has 0 aromatic heterocycles. The van der Waals surface area contributed by atoms with Crippen LogP contribution in [0.1, 0.15) is 5.56 Å². The van der Waals surface area contributed by atoms with Gasteiger partial charge in [0.05, 0.1) is 7.11 Å². The molecule has 1 saturated heterocycles. The second-order valence-electron chi connectivity index (χ2n) is 5.24. The fraction of sp³-hybridized carbons (Fsp3) is 0.571. The van der Waals surface area contributed by atoms with E-state index in [0.717, 1.165) is 36.2 Å². The van der Waals surface area contributed by atoms with E-state index in [2.05, 4.69) is 30.9 Å². The minimum atomic E-state index is -3.59. The zero-order valence-corrected chi connectivity index (χ0v) is 17.7. The van der Waals surface area contributed by atoms with Crippen molar-refractivity contribution in [1.29, 1.82) is 0 Å². The first-order valence-corrected chi connectivity index (χ1v) is 9.48. The van der Waals surface area contributed by atoms with Gasteiger partial charge in [-0.05, 0) is 24.6 Å². The van der Waals surface area contributed by atoms with Crippen molar-refractivity contribution in [3.8, 4) is 5.75 Å². The van der Waals surface area contributed by atoms with Crippen molar-refractivity contribution < 1.29 is 13.2 Å². The first-order valence-electron chi connectivity index (χ1n) is 7.21. The van der Waals surface area contributed by atoms with Crippen molar-refractivity contribution in [3.05, 3.63) is 22.2 Å². The predicted molar refractivity (Wildman–Crippen MR) is 104 cm³/mol. The third-order valence-electron chi connectivity index (χ3n) is 3.66. The van der Waals surface area contributed by atoms with Crippen LogP contribution in [0.15, 0.2) is 21.5 Å². The summed E-state index contributed by atoms with van der Waals surface area (Å²) < 4.78 is 33.6. The summed E-state index contributed by atoms with van der Waals surface area (Å²) >= 11 is 3.37. The molecule has 1 aliphatic rings. The van der Waals surface area contributed by atoms with Gasteiger partial charge in [-0.15, -0.1) is 24.8 Å². The molecule has 140 valence electrons. The molecule has 0 saturated carbocycles. The Hall–Kier alpha value is -0.0900. The number of piperazine rings is 1. The summed E-state index contributed by atoms with van der Waals surface area (Å²) in [5, 5.41) is 3.27. The third kappa shape index (κ3) is 6.33. The molecule has 1 heterocycles. The van der Waals surface area contributed by atoms with E-state index in [9.17, 15) is 8.42 Å². The second-order valence-corrected chi connectivity index (χ2v) is 7.83. The number of nitrogens with zero attached hydrogens (tertiary/aromatic N) is 1. The summed E-state index contributed by atoms with van der Waals surface area (Å²) in [6, 6.07) is 3.30. The average Bonchev–Trinajstić information content (AvgIpc) is 2.50. The number of methoxy groups -OCH3 is 1. The van der Waals surface area contributed by atoms with Gasteiger partial charge in [0.15, 0.2) is 0 Å². The van der Waals surface area contributed by atoms with Crippen molar-refractivity contribution in [2.45, 2.75) is 11.8 Å².